The second kappa shape index (κ2) is 5.55. The van der Waals surface area contributed by atoms with Crippen molar-refractivity contribution in [2.24, 2.45) is 10.7 Å². The Kier molecular flexibility index (Phi) is 4.08. The highest BCUT2D eigenvalue weighted by Crippen LogP contribution is 2.09. The number of hydrogen-bond acceptors (Lipinski definition) is 4. The maximum Gasteiger partial charge on any atom is 0.156 e. The van der Waals surface area contributed by atoms with Gasteiger partial charge in [0, 0.05) is 0 Å². The third kappa shape index (κ3) is 3.83. The van der Waals surface area contributed by atoms with Crippen molar-refractivity contribution in [1.29, 1.82) is 0 Å². The summed E-state index contributed by atoms with van der Waals surface area (Å²) in [6.45, 7) is 1.79. The van der Waals surface area contributed by atoms with E-state index in [4.69, 9.17) is 16.6 Å². The molecule has 0 fully saturated rings. The van der Waals surface area contributed by atoms with Crippen LogP contribution < -0.4 is 11.5 Å². The van der Waals surface area contributed by atoms with Crippen LogP contribution >= 0.6 is 0 Å². The van der Waals surface area contributed by atoms with Crippen LogP contribution in [-0.2, 0) is 0 Å². The van der Waals surface area contributed by atoms with Gasteiger partial charge in [-0.25, -0.2) is 9.98 Å². The molecule has 5 heteroatoms. The molecule has 0 atom stereocenters. The third-order valence-corrected chi connectivity index (χ3v) is 1.71. The van der Waals surface area contributed by atoms with Gasteiger partial charge in [0.1, 0.15) is 11.7 Å². The van der Waals surface area contributed by atoms with Crippen LogP contribution in [0, 0.1) is 0 Å². The van der Waals surface area contributed by atoms with Gasteiger partial charge >= 0.3 is 0 Å². The molecule has 0 aliphatic carbocycles. The summed E-state index contributed by atoms with van der Waals surface area (Å²) in [5.41, 5.74) is 12.0. The van der Waals surface area contributed by atoms with E-state index >= 15 is 0 Å². The van der Waals surface area contributed by atoms with Crippen LogP contribution in [0.5, 0.6) is 0 Å². The predicted molar refractivity (Wildman–Crippen MR) is 65.5 cm³/mol. The maximum absolute atomic E-state index is 8.54. The predicted octanol–water partition coefficient (Wildman–Crippen LogP) is 1.67. The first-order chi connectivity index (χ1) is 7.61. The Hall–Kier alpha value is -2.30. The SMILES string of the molecule is CC(C=CO)=CC(N)=Nc1cccc(N)n1. The summed E-state index contributed by atoms with van der Waals surface area (Å²) in [5, 5.41) is 8.54. The van der Waals surface area contributed by atoms with E-state index in [0.717, 1.165) is 11.8 Å². The largest absolute Gasteiger partial charge is 0.516 e. The number of anilines is 1. The quantitative estimate of drug-likeness (QED) is 0.311. The molecular weight excluding hydrogens is 204 g/mol. The highest BCUT2D eigenvalue weighted by Gasteiger charge is 1.93. The molecule has 0 radical (unpaired) electrons. The molecule has 0 unspecified atom stereocenters. The summed E-state index contributed by atoms with van der Waals surface area (Å²) >= 11 is 0. The van der Waals surface area contributed by atoms with Crippen LogP contribution in [0.25, 0.3) is 0 Å². The lowest BCUT2D eigenvalue weighted by molar-refractivity contribution is 0.473. The molecule has 1 heterocycles. The molecular formula is C11H14N4O. The van der Waals surface area contributed by atoms with Crippen LogP contribution in [0.4, 0.5) is 11.6 Å². The van der Waals surface area contributed by atoms with Gasteiger partial charge in [0.15, 0.2) is 5.82 Å². The molecule has 0 saturated carbocycles. The van der Waals surface area contributed by atoms with E-state index < -0.39 is 0 Å². The zero-order chi connectivity index (χ0) is 12.0. The van der Waals surface area contributed by atoms with Gasteiger partial charge in [0.05, 0.1) is 6.26 Å². The Labute approximate surface area is 93.8 Å². The molecule has 84 valence electrons. The molecule has 0 bridgehead atoms. The molecule has 0 amide bonds. The topological polar surface area (TPSA) is 97.5 Å². The number of nitrogens with two attached hydrogens (primary N) is 2. The van der Waals surface area contributed by atoms with Gasteiger partial charge in [-0.3, -0.25) is 0 Å². The number of aliphatic hydroxyl groups is 1. The Morgan fingerprint density at radius 3 is 2.88 bits per heavy atom. The number of nitrogens with zero attached hydrogens (tertiary/aromatic N) is 2. The van der Waals surface area contributed by atoms with Gasteiger partial charge in [-0.05, 0) is 36.8 Å². The van der Waals surface area contributed by atoms with Crippen LogP contribution in [0.2, 0.25) is 0 Å². The Balaban J connectivity index is 2.89. The maximum atomic E-state index is 8.54. The molecule has 0 spiro atoms. The van der Waals surface area contributed by atoms with E-state index in [-0.39, 0.29) is 0 Å². The summed E-state index contributed by atoms with van der Waals surface area (Å²) in [5.74, 6) is 1.15. The number of aliphatic hydroxyl groups excluding tert-OH is 1. The Morgan fingerprint density at radius 2 is 2.25 bits per heavy atom. The lowest BCUT2D eigenvalue weighted by Crippen LogP contribution is -2.08. The van der Waals surface area contributed by atoms with Crippen LogP contribution in [0.3, 0.4) is 0 Å². The zero-order valence-electron chi connectivity index (χ0n) is 8.96. The minimum absolute atomic E-state index is 0.300. The third-order valence-electron chi connectivity index (χ3n) is 1.71. The number of allylic oxidation sites excluding steroid dienone is 2. The number of nitrogen functional groups attached to an aromatic ring is 1. The first kappa shape index (κ1) is 11.8. The molecule has 1 aromatic heterocycles. The van der Waals surface area contributed by atoms with Crippen molar-refractivity contribution in [3.05, 3.63) is 42.2 Å². The number of hydrogen-bond donors (Lipinski definition) is 3. The van der Waals surface area contributed by atoms with Gasteiger partial charge in [-0.1, -0.05) is 6.07 Å². The summed E-state index contributed by atoms with van der Waals surface area (Å²) in [7, 11) is 0. The summed E-state index contributed by atoms with van der Waals surface area (Å²) in [4.78, 5) is 8.03. The summed E-state index contributed by atoms with van der Waals surface area (Å²) in [6.07, 6.45) is 4.07. The van der Waals surface area contributed by atoms with E-state index in [0.29, 0.717) is 17.5 Å². The highest BCUT2D eigenvalue weighted by atomic mass is 16.2. The van der Waals surface area contributed by atoms with Crippen LogP contribution in [-0.4, -0.2) is 15.9 Å². The van der Waals surface area contributed by atoms with E-state index in [1.165, 1.54) is 6.08 Å². The summed E-state index contributed by atoms with van der Waals surface area (Å²) in [6, 6.07) is 5.12. The fourth-order valence-electron chi connectivity index (χ4n) is 1.07. The lowest BCUT2D eigenvalue weighted by atomic mass is 10.3. The minimum atomic E-state index is 0.300. The number of aromatic nitrogens is 1. The minimum Gasteiger partial charge on any atom is -0.516 e. The molecule has 16 heavy (non-hydrogen) atoms. The van der Waals surface area contributed by atoms with E-state index in [9.17, 15) is 0 Å². The molecule has 5 N–H and O–H groups in total. The summed E-state index contributed by atoms with van der Waals surface area (Å²) < 4.78 is 0. The van der Waals surface area contributed by atoms with Crippen LogP contribution in [0.1, 0.15) is 6.92 Å². The van der Waals surface area contributed by atoms with Gasteiger partial charge in [-0.2, -0.15) is 0 Å². The molecule has 0 aliphatic heterocycles. The van der Waals surface area contributed by atoms with Gasteiger partial charge in [0.25, 0.3) is 0 Å². The molecule has 0 aliphatic rings. The van der Waals surface area contributed by atoms with Crippen molar-refractivity contribution in [1.82, 2.24) is 4.98 Å². The molecule has 0 aromatic carbocycles. The van der Waals surface area contributed by atoms with Crippen molar-refractivity contribution in [3.63, 3.8) is 0 Å². The first-order valence-electron chi connectivity index (χ1n) is 4.67. The highest BCUT2D eigenvalue weighted by molar-refractivity contribution is 5.93. The Bertz CT molecular complexity index is 449. The van der Waals surface area contributed by atoms with Crippen molar-refractivity contribution in [2.45, 2.75) is 6.92 Å². The lowest BCUT2D eigenvalue weighted by Gasteiger charge is -1.97. The second-order valence-corrected chi connectivity index (χ2v) is 3.16. The smallest absolute Gasteiger partial charge is 0.156 e. The average Bonchev–Trinajstić information content (AvgIpc) is 2.17. The Morgan fingerprint density at radius 1 is 1.50 bits per heavy atom. The second-order valence-electron chi connectivity index (χ2n) is 3.16. The van der Waals surface area contributed by atoms with Crippen molar-refractivity contribution < 1.29 is 5.11 Å². The fourth-order valence-corrected chi connectivity index (χ4v) is 1.07. The number of aliphatic imine (C=N–C) groups is 1. The van der Waals surface area contributed by atoms with Gasteiger partial charge in [-0.15, -0.1) is 0 Å². The molecule has 1 rings (SSSR count). The molecule has 1 aromatic rings. The first-order valence-corrected chi connectivity index (χ1v) is 4.67. The van der Waals surface area contributed by atoms with E-state index in [1.54, 1.807) is 31.2 Å². The monoisotopic (exact) mass is 218 g/mol. The van der Waals surface area contributed by atoms with Crippen molar-refractivity contribution >= 4 is 17.5 Å². The van der Waals surface area contributed by atoms with Crippen molar-refractivity contribution in [3.8, 4) is 0 Å². The number of amidine groups is 1. The molecule has 0 saturated heterocycles. The fraction of sp³-hybridized carbons (Fsp3) is 0.0909. The van der Waals surface area contributed by atoms with Gasteiger partial charge < -0.3 is 16.6 Å². The average molecular weight is 218 g/mol. The van der Waals surface area contributed by atoms with E-state index in [2.05, 4.69) is 9.98 Å². The molecule has 5 nitrogen and oxygen atoms in total. The number of pyridine rings is 1. The number of rotatable bonds is 3. The normalized spacial score (nSPS) is 13.3. The standard InChI is InChI=1S/C11H14N4O/c1-8(5-6-16)7-10(13)15-11-4-2-3-9(12)14-11/h2-7,16H,1H3,(H4,12,13,14,15). The van der Waals surface area contributed by atoms with Crippen LogP contribution in [0.15, 0.2) is 47.2 Å². The van der Waals surface area contributed by atoms with Gasteiger partial charge in [0.2, 0.25) is 0 Å². The van der Waals surface area contributed by atoms with Crippen molar-refractivity contribution in [2.75, 3.05) is 5.73 Å². The van der Waals surface area contributed by atoms with E-state index in [1.807, 2.05) is 0 Å². The zero-order valence-corrected chi connectivity index (χ0v) is 8.96.